The Morgan fingerprint density at radius 2 is 1.90 bits per heavy atom. The van der Waals surface area contributed by atoms with Crippen LogP contribution in [0.5, 0.6) is 0 Å². The predicted octanol–water partition coefficient (Wildman–Crippen LogP) is 4.39. The van der Waals surface area contributed by atoms with Crippen molar-refractivity contribution in [3.63, 3.8) is 0 Å². The Morgan fingerprint density at radius 3 is 2.40 bits per heavy atom. The van der Waals surface area contributed by atoms with Crippen LogP contribution in [-0.4, -0.2) is 10.1 Å². The Kier molecular flexibility index (Phi) is 4.45. The maximum atomic E-state index is 12.5. The average Bonchev–Trinajstić information content (AvgIpc) is 2.90. The van der Waals surface area contributed by atoms with Crippen LogP contribution in [0.25, 0.3) is 0 Å². The highest BCUT2D eigenvalue weighted by Gasteiger charge is 2.36. The summed E-state index contributed by atoms with van der Waals surface area (Å²) in [6.45, 7) is 1.90. The highest BCUT2D eigenvalue weighted by molar-refractivity contribution is 7.11. The van der Waals surface area contributed by atoms with Crippen LogP contribution in [-0.2, 0) is 6.18 Å². The fraction of sp³-hybridized carbons (Fsp3) is 0.357. The first-order valence-electron chi connectivity index (χ1n) is 6.19. The molecule has 0 saturated heterocycles. The second-order valence-electron chi connectivity index (χ2n) is 4.44. The molecule has 0 aliphatic carbocycles. The maximum absolute atomic E-state index is 12.5. The molecule has 2 atom stereocenters. The third-order valence-electron chi connectivity index (χ3n) is 3.11. The van der Waals surface area contributed by atoms with Crippen LogP contribution in [0.15, 0.2) is 36.5 Å². The molecular weight excluding hydrogens is 287 g/mol. The van der Waals surface area contributed by atoms with Gasteiger partial charge in [0, 0.05) is 12.1 Å². The molecule has 1 aromatic carbocycles. The van der Waals surface area contributed by atoms with Gasteiger partial charge in [-0.15, -0.1) is 11.3 Å². The minimum absolute atomic E-state index is 0.238. The zero-order chi connectivity index (χ0) is 14.8. The minimum atomic E-state index is -4.46. The summed E-state index contributed by atoms with van der Waals surface area (Å²) in [5.41, 5.74) is 0.907. The van der Waals surface area contributed by atoms with Crippen LogP contribution in [0.2, 0.25) is 0 Å². The molecule has 108 valence electrons. The third kappa shape index (κ3) is 3.19. The number of halogens is 3. The van der Waals surface area contributed by atoms with E-state index in [1.807, 2.05) is 37.3 Å². The van der Waals surface area contributed by atoms with E-state index in [1.165, 1.54) is 0 Å². The second kappa shape index (κ2) is 5.93. The largest absolute Gasteiger partial charge is 0.443 e. The normalized spacial score (nSPS) is 15.1. The van der Waals surface area contributed by atoms with Crippen molar-refractivity contribution in [3.8, 4) is 0 Å². The van der Waals surface area contributed by atoms with E-state index in [4.69, 9.17) is 0 Å². The van der Waals surface area contributed by atoms with Crippen molar-refractivity contribution in [1.82, 2.24) is 4.98 Å². The lowest BCUT2D eigenvalue weighted by molar-refractivity contribution is -0.137. The van der Waals surface area contributed by atoms with E-state index in [1.54, 1.807) is 0 Å². The molecule has 1 heterocycles. The van der Waals surface area contributed by atoms with Gasteiger partial charge < -0.3 is 5.11 Å². The Labute approximate surface area is 118 Å². The number of hydrogen-bond acceptors (Lipinski definition) is 3. The van der Waals surface area contributed by atoms with E-state index in [-0.39, 0.29) is 10.8 Å². The summed E-state index contributed by atoms with van der Waals surface area (Å²) in [6.07, 6.45) is -3.69. The first-order valence-corrected chi connectivity index (χ1v) is 7.01. The smallest absolute Gasteiger partial charge is 0.387 e. The van der Waals surface area contributed by atoms with Crippen LogP contribution in [0.1, 0.15) is 40.8 Å². The molecule has 2 rings (SSSR count). The number of aliphatic hydroxyl groups excluding tert-OH is 1. The molecule has 1 N–H and O–H groups in total. The topological polar surface area (TPSA) is 33.1 Å². The lowest BCUT2D eigenvalue weighted by atomic mass is 9.90. The SMILES string of the molecule is CCC(c1ccccc1)C(O)c1cnc(C(F)(F)F)s1. The molecule has 0 aliphatic heterocycles. The third-order valence-corrected chi connectivity index (χ3v) is 4.22. The second-order valence-corrected chi connectivity index (χ2v) is 5.50. The summed E-state index contributed by atoms with van der Waals surface area (Å²) in [6, 6.07) is 9.28. The Bertz CT molecular complexity index is 553. The van der Waals surface area contributed by atoms with Gasteiger partial charge in [-0.2, -0.15) is 13.2 Å². The Balaban J connectivity index is 2.25. The van der Waals surface area contributed by atoms with Gasteiger partial charge in [0.2, 0.25) is 0 Å². The fourth-order valence-corrected chi connectivity index (χ4v) is 2.93. The molecule has 0 saturated carbocycles. The number of benzene rings is 1. The number of nitrogens with zero attached hydrogens (tertiary/aromatic N) is 1. The monoisotopic (exact) mass is 301 g/mol. The van der Waals surface area contributed by atoms with E-state index in [0.29, 0.717) is 17.8 Å². The quantitative estimate of drug-likeness (QED) is 0.908. The molecule has 0 amide bonds. The van der Waals surface area contributed by atoms with Gasteiger partial charge in [0.05, 0.1) is 11.0 Å². The van der Waals surface area contributed by atoms with Crippen molar-refractivity contribution in [2.75, 3.05) is 0 Å². The molecule has 0 spiro atoms. The van der Waals surface area contributed by atoms with Gasteiger partial charge in [-0.05, 0) is 12.0 Å². The molecule has 1 aromatic heterocycles. The Morgan fingerprint density at radius 1 is 1.25 bits per heavy atom. The number of aromatic nitrogens is 1. The lowest BCUT2D eigenvalue weighted by Crippen LogP contribution is -2.09. The molecule has 0 radical (unpaired) electrons. The van der Waals surface area contributed by atoms with Gasteiger partial charge in [-0.25, -0.2) is 4.98 Å². The molecular formula is C14H14F3NOS. The van der Waals surface area contributed by atoms with Gasteiger partial charge in [-0.1, -0.05) is 37.3 Å². The summed E-state index contributed by atoms with van der Waals surface area (Å²) < 4.78 is 37.6. The molecule has 0 fully saturated rings. The molecule has 6 heteroatoms. The van der Waals surface area contributed by atoms with Crippen molar-refractivity contribution in [3.05, 3.63) is 52.0 Å². The molecule has 20 heavy (non-hydrogen) atoms. The Hall–Kier alpha value is -1.40. The van der Waals surface area contributed by atoms with E-state index < -0.39 is 17.3 Å². The summed E-state index contributed by atoms with van der Waals surface area (Å²) in [5.74, 6) is -0.238. The van der Waals surface area contributed by atoms with Crippen molar-refractivity contribution in [1.29, 1.82) is 0 Å². The van der Waals surface area contributed by atoms with Gasteiger partial charge in [0.15, 0.2) is 5.01 Å². The van der Waals surface area contributed by atoms with Crippen LogP contribution < -0.4 is 0 Å². The summed E-state index contributed by atoms with van der Waals surface area (Å²) in [4.78, 5) is 3.60. The number of hydrogen-bond donors (Lipinski definition) is 1. The first-order chi connectivity index (χ1) is 9.43. The zero-order valence-electron chi connectivity index (χ0n) is 10.8. The van der Waals surface area contributed by atoms with Crippen molar-refractivity contribution in [2.24, 2.45) is 0 Å². The molecule has 0 bridgehead atoms. The molecule has 2 aromatic rings. The van der Waals surface area contributed by atoms with Crippen molar-refractivity contribution < 1.29 is 18.3 Å². The number of aliphatic hydroxyl groups is 1. The molecule has 0 aliphatic rings. The van der Waals surface area contributed by atoms with Crippen LogP contribution in [0.4, 0.5) is 13.2 Å². The fourth-order valence-electron chi connectivity index (χ4n) is 2.09. The minimum Gasteiger partial charge on any atom is -0.387 e. The summed E-state index contributed by atoms with van der Waals surface area (Å²) in [7, 11) is 0. The van der Waals surface area contributed by atoms with E-state index in [0.717, 1.165) is 11.8 Å². The van der Waals surface area contributed by atoms with Gasteiger partial charge in [0.1, 0.15) is 0 Å². The van der Waals surface area contributed by atoms with Crippen molar-refractivity contribution >= 4 is 11.3 Å². The van der Waals surface area contributed by atoms with Crippen molar-refractivity contribution in [2.45, 2.75) is 31.5 Å². The number of rotatable bonds is 4. The van der Waals surface area contributed by atoms with E-state index >= 15 is 0 Å². The van der Waals surface area contributed by atoms with Crippen LogP contribution >= 0.6 is 11.3 Å². The number of alkyl halides is 3. The van der Waals surface area contributed by atoms with Gasteiger partial charge in [0.25, 0.3) is 0 Å². The maximum Gasteiger partial charge on any atom is 0.443 e. The van der Waals surface area contributed by atoms with Gasteiger partial charge in [-0.3, -0.25) is 0 Å². The summed E-state index contributed by atoms with van der Waals surface area (Å²) in [5, 5.41) is 9.39. The highest BCUT2D eigenvalue weighted by atomic mass is 32.1. The zero-order valence-corrected chi connectivity index (χ0v) is 11.6. The number of thiazole rings is 1. The van der Waals surface area contributed by atoms with Crippen LogP contribution in [0.3, 0.4) is 0 Å². The summed E-state index contributed by atoms with van der Waals surface area (Å²) >= 11 is 0.500. The first kappa shape index (κ1) is 15.0. The van der Waals surface area contributed by atoms with E-state index in [2.05, 4.69) is 4.98 Å². The van der Waals surface area contributed by atoms with Gasteiger partial charge >= 0.3 is 6.18 Å². The lowest BCUT2D eigenvalue weighted by Gasteiger charge is -2.20. The van der Waals surface area contributed by atoms with Crippen LogP contribution in [0, 0.1) is 0 Å². The standard InChI is InChI=1S/C14H14F3NOS/c1-2-10(9-6-4-3-5-7-9)12(19)11-8-18-13(20-11)14(15,16)17/h3-8,10,12,19H,2H2,1H3. The highest BCUT2D eigenvalue weighted by Crippen LogP contribution is 2.39. The predicted molar refractivity (Wildman–Crippen MR) is 71.5 cm³/mol. The average molecular weight is 301 g/mol. The molecule has 2 unspecified atom stereocenters. The molecule has 2 nitrogen and oxygen atoms in total. The van der Waals surface area contributed by atoms with E-state index in [9.17, 15) is 18.3 Å².